The van der Waals surface area contributed by atoms with Crippen LogP contribution >= 0.6 is 0 Å². The molecule has 1 heterocycles. The summed E-state index contributed by atoms with van der Waals surface area (Å²) in [4.78, 5) is 11.5. The number of carbonyl (C=O) groups is 1. The fourth-order valence-electron chi connectivity index (χ4n) is 3.96. The Bertz CT molecular complexity index is 392. The highest BCUT2D eigenvalue weighted by Gasteiger charge is 2.53. The number of hydrogen-bond donors (Lipinski definition) is 1. The molecule has 3 rings (SSSR count). The van der Waals surface area contributed by atoms with Gasteiger partial charge in [-0.25, -0.2) is 0 Å². The first-order chi connectivity index (χ1) is 9.10. The number of hydrogen-bond acceptors (Lipinski definition) is 3. The molecule has 1 N–H and O–H groups in total. The molecule has 0 aromatic carbocycles. The van der Waals surface area contributed by atoms with Crippen molar-refractivity contribution in [2.45, 2.75) is 51.6 Å². The quantitative estimate of drug-likeness (QED) is 0.797. The lowest BCUT2D eigenvalue weighted by atomic mass is 9.82. The van der Waals surface area contributed by atoms with Crippen molar-refractivity contribution in [3.8, 4) is 0 Å². The average Bonchev–Trinajstić information content (AvgIpc) is 2.97. The van der Waals surface area contributed by atoms with Gasteiger partial charge in [0.15, 0.2) is 6.29 Å². The molecule has 4 nitrogen and oxygen atoms in total. The lowest BCUT2D eigenvalue weighted by Crippen LogP contribution is -2.46. The molecule has 7 unspecified atom stereocenters. The van der Waals surface area contributed by atoms with E-state index < -0.39 is 5.97 Å². The lowest BCUT2D eigenvalue weighted by molar-refractivity contribution is -0.268. The maximum atomic E-state index is 11.5. The molecule has 0 amide bonds. The Labute approximate surface area is 113 Å². The molecule has 7 atom stereocenters. The molecule has 2 fully saturated rings. The van der Waals surface area contributed by atoms with Crippen molar-refractivity contribution >= 4 is 5.97 Å². The summed E-state index contributed by atoms with van der Waals surface area (Å²) in [6.07, 6.45) is 7.02. The van der Waals surface area contributed by atoms with Crippen LogP contribution < -0.4 is 0 Å². The van der Waals surface area contributed by atoms with Gasteiger partial charge in [-0.05, 0) is 38.0 Å². The van der Waals surface area contributed by atoms with Crippen LogP contribution in [0.5, 0.6) is 0 Å². The summed E-state index contributed by atoms with van der Waals surface area (Å²) in [5, 5.41) is 9.48. The smallest absolute Gasteiger partial charge is 0.307 e. The van der Waals surface area contributed by atoms with Crippen molar-refractivity contribution in [2.75, 3.05) is 0 Å². The van der Waals surface area contributed by atoms with E-state index >= 15 is 0 Å². The Morgan fingerprint density at radius 2 is 2.00 bits per heavy atom. The maximum absolute atomic E-state index is 11.5. The highest BCUT2D eigenvalue weighted by molar-refractivity contribution is 5.72. The van der Waals surface area contributed by atoms with Crippen molar-refractivity contribution < 1.29 is 19.4 Å². The van der Waals surface area contributed by atoms with Gasteiger partial charge in [0.1, 0.15) is 0 Å². The summed E-state index contributed by atoms with van der Waals surface area (Å²) in [5.74, 6) is -0.608. The summed E-state index contributed by atoms with van der Waals surface area (Å²) in [6, 6.07) is 0. The fourth-order valence-corrected chi connectivity index (χ4v) is 3.96. The number of carboxylic acid groups (broad SMARTS) is 1. The number of fused-ring (bicyclic) bond motifs is 2. The minimum Gasteiger partial charge on any atom is -0.481 e. The van der Waals surface area contributed by atoms with Gasteiger partial charge in [-0.1, -0.05) is 19.1 Å². The van der Waals surface area contributed by atoms with Gasteiger partial charge < -0.3 is 14.6 Å². The fraction of sp³-hybridized carbons (Fsp3) is 0.800. The third kappa shape index (κ3) is 2.21. The average molecular weight is 266 g/mol. The van der Waals surface area contributed by atoms with E-state index in [0.29, 0.717) is 5.92 Å². The molecule has 0 aromatic rings. The van der Waals surface area contributed by atoms with Crippen LogP contribution in [-0.4, -0.2) is 29.6 Å². The second-order valence-corrected chi connectivity index (χ2v) is 6.11. The molecule has 4 heteroatoms. The van der Waals surface area contributed by atoms with Gasteiger partial charge in [-0.2, -0.15) is 0 Å². The molecule has 1 saturated heterocycles. The van der Waals surface area contributed by atoms with Gasteiger partial charge in [0.2, 0.25) is 0 Å². The van der Waals surface area contributed by atoms with E-state index in [-0.39, 0.29) is 36.3 Å². The molecule has 3 aliphatic rings. The van der Waals surface area contributed by atoms with Crippen LogP contribution in [0, 0.1) is 23.7 Å². The van der Waals surface area contributed by atoms with Crippen LogP contribution in [-0.2, 0) is 14.3 Å². The maximum Gasteiger partial charge on any atom is 0.307 e. The third-order valence-corrected chi connectivity index (χ3v) is 4.86. The van der Waals surface area contributed by atoms with Crippen LogP contribution in [0.25, 0.3) is 0 Å². The molecule has 2 bridgehead atoms. The normalized spacial score (nSPS) is 48.6. The van der Waals surface area contributed by atoms with E-state index in [1.807, 2.05) is 0 Å². The van der Waals surface area contributed by atoms with Gasteiger partial charge in [0.05, 0.1) is 18.1 Å². The van der Waals surface area contributed by atoms with Gasteiger partial charge in [-0.3, -0.25) is 4.79 Å². The largest absolute Gasteiger partial charge is 0.481 e. The minimum absolute atomic E-state index is 0.0238. The van der Waals surface area contributed by atoms with Gasteiger partial charge >= 0.3 is 5.97 Å². The molecule has 0 radical (unpaired) electrons. The molecule has 1 saturated carbocycles. The Hall–Kier alpha value is -0.870. The standard InChI is InChI=1S/C15H22O4/c1-3-11-6-8(2)18-15(19-11)13-10-5-4-9(7-10)12(13)14(16)17/h4-5,8-13,15H,3,6-7H2,1-2H3,(H,16,17). The van der Waals surface area contributed by atoms with E-state index in [4.69, 9.17) is 9.47 Å². The zero-order chi connectivity index (χ0) is 13.6. The SMILES string of the molecule is CCC1CC(C)OC(C2C3C=CC(C3)C2C(=O)O)O1. The van der Waals surface area contributed by atoms with Crippen molar-refractivity contribution in [1.82, 2.24) is 0 Å². The van der Waals surface area contributed by atoms with Crippen LogP contribution in [0.4, 0.5) is 0 Å². The summed E-state index contributed by atoms with van der Waals surface area (Å²) in [6.45, 7) is 4.16. The first kappa shape index (κ1) is 13.1. The highest BCUT2D eigenvalue weighted by atomic mass is 16.7. The van der Waals surface area contributed by atoms with Crippen molar-refractivity contribution in [2.24, 2.45) is 23.7 Å². The number of carboxylic acids is 1. The second-order valence-electron chi connectivity index (χ2n) is 6.11. The van der Waals surface area contributed by atoms with E-state index in [9.17, 15) is 9.90 Å². The Morgan fingerprint density at radius 3 is 2.68 bits per heavy atom. The lowest BCUT2D eigenvalue weighted by Gasteiger charge is -2.40. The van der Waals surface area contributed by atoms with Crippen molar-refractivity contribution in [1.29, 1.82) is 0 Å². The predicted octanol–water partition coefficient (Wildman–Crippen LogP) is 2.44. The topological polar surface area (TPSA) is 55.8 Å². The summed E-state index contributed by atoms with van der Waals surface area (Å²) < 4.78 is 11.9. The van der Waals surface area contributed by atoms with E-state index in [2.05, 4.69) is 26.0 Å². The number of rotatable bonds is 3. The van der Waals surface area contributed by atoms with Crippen molar-refractivity contribution in [3.05, 3.63) is 12.2 Å². The molecular formula is C15H22O4. The number of allylic oxidation sites excluding steroid dienone is 2. The summed E-state index contributed by atoms with van der Waals surface area (Å²) in [7, 11) is 0. The zero-order valence-corrected chi connectivity index (χ0v) is 11.5. The molecule has 2 aliphatic carbocycles. The van der Waals surface area contributed by atoms with E-state index in [0.717, 1.165) is 19.3 Å². The molecule has 19 heavy (non-hydrogen) atoms. The first-order valence-electron chi connectivity index (χ1n) is 7.32. The molecule has 0 aromatic heterocycles. The van der Waals surface area contributed by atoms with E-state index in [1.54, 1.807) is 0 Å². The third-order valence-electron chi connectivity index (χ3n) is 4.86. The molecule has 0 spiro atoms. The molecule has 1 aliphatic heterocycles. The monoisotopic (exact) mass is 266 g/mol. The molecular weight excluding hydrogens is 244 g/mol. The minimum atomic E-state index is -0.708. The Morgan fingerprint density at radius 1 is 1.26 bits per heavy atom. The Kier molecular flexibility index (Phi) is 3.39. The second kappa shape index (κ2) is 4.91. The van der Waals surface area contributed by atoms with Crippen LogP contribution in [0.2, 0.25) is 0 Å². The predicted molar refractivity (Wildman–Crippen MR) is 69.5 cm³/mol. The summed E-state index contributed by atoms with van der Waals surface area (Å²) >= 11 is 0. The highest BCUT2D eigenvalue weighted by Crippen LogP contribution is 2.51. The van der Waals surface area contributed by atoms with Crippen LogP contribution in [0.1, 0.15) is 33.1 Å². The van der Waals surface area contributed by atoms with Crippen LogP contribution in [0.15, 0.2) is 12.2 Å². The Balaban J connectivity index is 1.80. The van der Waals surface area contributed by atoms with Crippen LogP contribution in [0.3, 0.4) is 0 Å². The van der Waals surface area contributed by atoms with Gasteiger partial charge in [-0.15, -0.1) is 0 Å². The summed E-state index contributed by atoms with van der Waals surface area (Å²) in [5.41, 5.74) is 0. The first-order valence-corrected chi connectivity index (χ1v) is 7.32. The van der Waals surface area contributed by atoms with Gasteiger partial charge in [0.25, 0.3) is 0 Å². The van der Waals surface area contributed by atoms with Gasteiger partial charge in [0, 0.05) is 5.92 Å². The van der Waals surface area contributed by atoms with Crippen molar-refractivity contribution in [3.63, 3.8) is 0 Å². The van der Waals surface area contributed by atoms with E-state index in [1.165, 1.54) is 0 Å². The molecule has 106 valence electrons. The zero-order valence-electron chi connectivity index (χ0n) is 11.5. The number of ether oxygens (including phenoxy) is 2. The number of aliphatic carboxylic acids is 1.